The van der Waals surface area contributed by atoms with Crippen LogP contribution in [0.5, 0.6) is 0 Å². The van der Waals surface area contributed by atoms with Crippen molar-refractivity contribution in [1.29, 1.82) is 0 Å². The van der Waals surface area contributed by atoms with Crippen LogP contribution in [-0.2, 0) is 20.0 Å². The van der Waals surface area contributed by atoms with Crippen molar-refractivity contribution in [3.05, 3.63) is 117 Å². The van der Waals surface area contributed by atoms with Gasteiger partial charge in [0.05, 0.1) is 21.2 Å². The van der Waals surface area contributed by atoms with Crippen LogP contribution in [0.4, 0.5) is 22.7 Å². The topological polar surface area (TPSA) is 179 Å². The molecule has 0 atom stereocenters. The third kappa shape index (κ3) is 6.53. The van der Waals surface area contributed by atoms with Gasteiger partial charge in [0.2, 0.25) is 0 Å². The van der Waals surface area contributed by atoms with Crippen LogP contribution in [0.1, 0.15) is 0 Å². The zero-order chi connectivity index (χ0) is 28.9. The average molecular weight is 619 g/mol. The summed E-state index contributed by atoms with van der Waals surface area (Å²) >= 11 is 0. The summed E-state index contributed by atoms with van der Waals surface area (Å²) in [4.78, 5) is 21.0. The zero-order valence-electron chi connectivity index (χ0n) is 20.0. The molecule has 0 saturated heterocycles. The van der Waals surface area contributed by atoms with Gasteiger partial charge in [0, 0.05) is 21.9 Å². The van der Waals surface area contributed by atoms with E-state index in [-0.39, 0.29) is 11.4 Å². The molecule has 40 heavy (non-hydrogen) atoms. The standard InChI is InChI=1S/C24H18N4O8S4/c29-27(30)19-11-3-7-15-23(19)39(33,34)25-17-9-1-5-13-21(17)37-38-22-14-6-2-10-18(22)26-40(35,36)24-16-8-4-12-20(24)28(31)32/h1-16,25-26H. The predicted molar refractivity (Wildman–Crippen MR) is 152 cm³/mol. The van der Waals surface area contributed by atoms with Crippen LogP contribution in [0.3, 0.4) is 0 Å². The van der Waals surface area contributed by atoms with Gasteiger partial charge in [0.1, 0.15) is 0 Å². The summed E-state index contributed by atoms with van der Waals surface area (Å²) in [6.07, 6.45) is 0. The van der Waals surface area contributed by atoms with Gasteiger partial charge in [-0.1, -0.05) is 70.1 Å². The molecule has 4 aromatic rings. The van der Waals surface area contributed by atoms with E-state index in [4.69, 9.17) is 0 Å². The molecule has 2 N–H and O–H groups in total. The van der Waals surface area contributed by atoms with Crippen molar-refractivity contribution in [3.63, 3.8) is 0 Å². The monoisotopic (exact) mass is 618 g/mol. The summed E-state index contributed by atoms with van der Waals surface area (Å²) in [5.41, 5.74) is -0.851. The Labute approximate surface area is 236 Å². The molecule has 0 aliphatic heterocycles. The summed E-state index contributed by atoms with van der Waals surface area (Å²) < 4.78 is 56.8. The minimum Gasteiger partial charge on any atom is -0.278 e. The molecule has 12 nitrogen and oxygen atoms in total. The van der Waals surface area contributed by atoms with E-state index in [2.05, 4.69) is 9.44 Å². The fourth-order valence-corrected chi connectivity index (χ4v) is 8.32. The number of benzene rings is 4. The maximum absolute atomic E-state index is 13.0. The Morgan fingerprint density at radius 1 is 0.525 bits per heavy atom. The first kappa shape index (κ1) is 28.9. The molecule has 4 rings (SSSR count). The minimum atomic E-state index is -4.33. The fourth-order valence-electron chi connectivity index (χ4n) is 3.41. The van der Waals surface area contributed by atoms with E-state index in [1.54, 1.807) is 36.4 Å². The first-order chi connectivity index (χ1) is 19.0. The molecule has 0 bridgehead atoms. The lowest BCUT2D eigenvalue weighted by Gasteiger charge is -2.14. The van der Waals surface area contributed by atoms with Crippen molar-refractivity contribution < 1.29 is 26.7 Å². The van der Waals surface area contributed by atoms with E-state index < -0.39 is 51.1 Å². The summed E-state index contributed by atoms with van der Waals surface area (Å²) in [5, 5.41) is 22.7. The van der Waals surface area contributed by atoms with Crippen LogP contribution in [0.2, 0.25) is 0 Å². The van der Waals surface area contributed by atoms with Gasteiger partial charge in [-0.05, 0) is 36.4 Å². The molecule has 4 aromatic carbocycles. The Morgan fingerprint density at radius 2 is 0.850 bits per heavy atom. The molecule has 0 heterocycles. The summed E-state index contributed by atoms with van der Waals surface area (Å²) in [5.74, 6) is 0. The second-order valence-corrected chi connectivity index (χ2v) is 13.3. The molecule has 0 saturated carbocycles. The smallest absolute Gasteiger partial charge is 0.278 e. The van der Waals surface area contributed by atoms with Crippen LogP contribution >= 0.6 is 21.6 Å². The number of rotatable bonds is 11. The maximum atomic E-state index is 13.0. The van der Waals surface area contributed by atoms with Crippen molar-refractivity contribution in [2.45, 2.75) is 19.6 Å². The van der Waals surface area contributed by atoms with Crippen molar-refractivity contribution in [1.82, 2.24) is 0 Å². The van der Waals surface area contributed by atoms with Crippen molar-refractivity contribution in [3.8, 4) is 0 Å². The molecular weight excluding hydrogens is 601 g/mol. The fraction of sp³-hybridized carbons (Fsp3) is 0. The van der Waals surface area contributed by atoms with Gasteiger partial charge in [0.15, 0.2) is 9.79 Å². The van der Waals surface area contributed by atoms with E-state index >= 15 is 0 Å². The van der Waals surface area contributed by atoms with Gasteiger partial charge < -0.3 is 0 Å². The normalized spacial score (nSPS) is 11.5. The summed E-state index contributed by atoms with van der Waals surface area (Å²) in [6.45, 7) is 0. The van der Waals surface area contributed by atoms with Gasteiger partial charge in [-0.25, -0.2) is 16.8 Å². The Bertz CT molecular complexity index is 1680. The number of nitrogens with one attached hydrogen (secondary N) is 2. The Balaban J connectivity index is 1.58. The number of nitro groups is 2. The quantitative estimate of drug-likeness (QED) is 0.117. The first-order valence-electron chi connectivity index (χ1n) is 11.0. The van der Waals surface area contributed by atoms with Crippen LogP contribution in [-0.4, -0.2) is 26.7 Å². The number of hydrogen-bond donors (Lipinski definition) is 2. The van der Waals surface area contributed by atoms with Crippen molar-refractivity contribution >= 4 is 64.4 Å². The lowest BCUT2D eigenvalue weighted by molar-refractivity contribution is -0.388. The van der Waals surface area contributed by atoms with Gasteiger partial charge in [-0.15, -0.1) is 0 Å². The predicted octanol–water partition coefficient (Wildman–Crippen LogP) is 5.90. The number of hydrogen-bond acceptors (Lipinski definition) is 10. The highest BCUT2D eigenvalue weighted by Crippen LogP contribution is 2.44. The largest absolute Gasteiger partial charge is 0.289 e. The molecule has 0 spiro atoms. The maximum Gasteiger partial charge on any atom is 0.289 e. The van der Waals surface area contributed by atoms with E-state index in [0.29, 0.717) is 9.79 Å². The second-order valence-electron chi connectivity index (χ2n) is 7.82. The van der Waals surface area contributed by atoms with Gasteiger partial charge in [-0.2, -0.15) is 0 Å². The van der Waals surface area contributed by atoms with Crippen LogP contribution in [0, 0.1) is 20.2 Å². The lowest BCUT2D eigenvalue weighted by Crippen LogP contribution is -2.15. The van der Waals surface area contributed by atoms with Crippen LogP contribution in [0.15, 0.2) is 117 Å². The lowest BCUT2D eigenvalue weighted by atomic mass is 10.3. The molecule has 0 aromatic heterocycles. The number of nitrogens with zero attached hydrogens (tertiary/aromatic N) is 2. The third-order valence-electron chi connectivity index (χ3n) is 5.19. The van der Waals surface area contributed by atoms with E-state index in [9.17, 15) is 37.1 Å². The Morgan fingerprint density at radius 3 is 1.23 bits per heavy atom. The first-order valence-corrected chi connectivity index (χ1v) is 16.2. The van der Waals surface area contributed by atoms with Gasteiger partial charge in [-0.3, -0.25) is 29.7 Å². The second kappa shape index (κ2) is 12.0. The van der Waals surface area contributed by atoms with E-state index in [1.807, 2.05) is 0 Å². The highest BCUT2D eigenvalue weighted by atomic mass is 33.1. The van der Waals surface area contributed by atoms with E-state index in [1.165, 1.54) is 36.4 Å². The number of sulfonamides is 2. The average Bonchev–Trinajstić information content (AvgIpc) is 2.93. The SMILES string of the molecule is O=[N+]([O-])c1ccccc1S(=O)(=O)Nc1ccccc1SSc1ccccc1NS(=O)(=O)c1ccccc1[N+](=O)[O-]. The zero-order valence-corrected chi connectivity index (χ0v) is 23.3. The number of para-hydroxylation sites is 4. The summed E-state index contributed by atoms with van der Waals surface area (Å²) in [6, 6.07) is 22.6. The molecule has 0 radical (unpaired) electrons. The third-order valence-corrected chi connectivity index (χ3v) is 10.5. The molecular formula is C24H18N4O8S4. The van der Waals surface area contributed by atoms with E-state index in [0.717, 1.165) is 45.9 Å². The van der Waals surface area contributed by atoms with Gasteiger partial charge in [0.25, 0.3) is 31.4 Å². The van der Waals surface area contributed by atoms with Crippen LogP contribution < -0.4 is 9.44 Å². The van der Waals surface area contributed by atoms with Crippen molar-refractivity contribution in [2.24, 2.45) is 0 Å². The number of nitro benzene ring substituents is 2. The van der Waals surface area contributed by atoms with Crippen LogP contribution in [0.25, 0.3) is 0 Å². The molecule has 0 amide bonds. The molecule has 16 heteroatoms. The summed E-state index contributed by atoms with van der Waals surface area (Å²) in [7, 11) is -6.45. The molecule has 0 unspecified atom stereocenters. The highest BCUT2D eigenvalue weighted by molar-refractivity contribution is 8.76. The van der Waals surface area contributed by atoms with Crippen molar-refractivity contribution in [2.75, 3.05) is 9.44 Å². The Kier molecular flexibility index (Phi) is 8.63. The molecule has 0 fully saturated rings. The Hall–Kier alpha value is -4.12. The minimum absolute atomic E-state index is 0.149. The van der Waals surface area contributed by atoms with Gasteiger partial charge >= 0.3 is 0 Å². The molecule has 206 valence electrons. The molecule has 0 aliphatic rings. The molecule has 0 aliphatic carbocycles. The number of anilines is 2. The highest BCUT2D eigenvalue weighted by Gasteiger charge is 2.27.